The number of hydrogen-bond donors (Lipinski definition) is 1. The van der Waals surface area contributed by atoms with Gasteiger partial charge in [0.25, 0.3) is 0 Å². The zero-order valence-electron chi connectivity index (χ0n) is 20.2. The van der Waals surface area contributed by atoms with Gasteiger partial charge in [-0.25, -0.2) is 0 Å². The molecular formula is C29H27N3O4. The van der Waals surface area contributed by atoms with Gasteiger partial charge in [-0.2, -0.15) is 0 Å². The summed E-state index contributed by atoms with van der Waals surface area (Å²) in [5.41, 5.74) is 4.88. The van der Waals surface area contributed by atoms with Gasteiger partial charge in [-0.15, -0.1) is 0 Å². The fourth-order valence-electron chi connectivity index (χ4n) is 5.63. The molecule has 4 aromatic rings. The van der Waals surface area contributed by atoms with Crippen LogP contribution in [0.5, 0.6) is 11.5 Å². The van der Waals surface area contributed by atoms with Crippen LogP contribution in [0.15, 0.2) is 72.8 Å². The number of benzene rings is 3. The molecule has 0 saturated carbocycles. The topological polar surface area (TPSA) is 74.9 Å². The first-order chi connectivity index (χ1) is 17.6. The summed E-state index contributed by atoms with van der Waals surface area (Å²) in [6, 6.07) is 22.5. The number of fused-ring (bicyclic) bond motifs is 4. The van der Waals surface area contributed by atoms with Gasteiger partial charge in [0.15, 0.2) is 0 Å². The highest BCUT2D eigenvalue weighted by Crippen LogP contribution is 2.43. The molecule has 2 aliphatic heterocycles. The van der Waals surface area contributed by atoms with Crippen molar-refractivity contribution in [2.75, 3.05) is 20.8 Å². The molecule has 2 amide bonds. The predicted octanol–water partition coefficient (Wildman–Crippen LogP) is 4.07. The molecule has 7 nitrogen and oxygen atoms in total. The highest BCUT2D eigenvalue weighted by Gasteiger charge is 2.48. The third-order valence-corrected chi connectivity index (χ3v) is 7.33. The maximum Gasteiger partial charge on any atom is 0.246 e. The van der Waals surface area contributed by atoms with Crippen molar-refractivity contribution in [2.45, 2.75) is 25.0 Å². The van der Waals surface area contributed by atoms with Crippen LogP contribution in [0.3, 0.4) is 0 Å². The zero-order valence-corrected chi connectivity index (χ0v) is 20.2. The third-order valence-electron chi connectivity index (χ3n) is 7.33. The Morgan fingerprint density at radius 2 is 1.67 bits per heavy atom. The number of H-pyrrole nitrogens is 1. The molecule has 1 aromatic heterocycles. The van der Waals surface area contributed by atoms with E-state index in [1.165, 1.54) is 0 Å². The van der Waals surface area contributed by atoms with Crippen molar-refractivity contribution in [1.82, 2.24) is 14.8 Å². The number of para-hydroxylation sites is 2. The SMILES string of the molecule is COc1ccc([C@@H]2c3[nH]c4ccccc4c3C[C@@H]3C(=O)N(Cc4ccccc4OC)CC(=O)N23)cc1. The Hall–Kier alpha value is -4.26. The van der Waals surface area contributed by atoms with Gasteiger partial charge in [-0.3, -0.25) is 9.59 Å². The van der Waals surface area contributed by atoms with Crippen molar-refractivity contribution < 1.29 is 19.1 Å². The minimum Gasteiger partial charge on any atom is -0.497 e. The van der Waals surface area contributed by atoms with Crippen molar-refractivity contribution >= 4 is 22.7 Å². The van der Waals surface area contributed by atoms with E-state index in [2.05, 4.69) is 11.1 Å². The van der Waals surface area contributed by atoms with Gasteiger partial charge in [-0.1, -0.05) is 48.5 Å². The van der Waals surface area contributed by atoms with Crippen LogP contribution in [0, 0.1) is 0 Å². The minimum absolute atomic E-state index is 0.0234. The average Bonchev–Trinajstić information content (AvgIpc) is 3.29. The van der Waals surface area contributed by atoms with Crippen LogP contribution in [0.1, 0.15) is 28.4 Å². The number of aromatic amines is 1. The number of ether oxygens (including phenoxy) is 2. The van der Waals surface area contributed by atoms with Gasteiger partial charge in [0, 0.05) is 35.1 Å². The number of nitrogens with one attached hydrogen (secondary N) is 1. The number of hydrogen-bond acceptors (Lipinski definition) is 4. The minimum atomic E-state index is -0.584. The Labute approximate surface area is 209 Å². The molecule has 2 atom stereocenters. The molecule has 2 aliphatic rings. The first-order valence-electron chi connectivity index (χ1n) is 12.0. The molecule has 36 heavy (non-hydrogen) atoms. The lowest BCUT2D eigenvalue weighted by atomic mass is 9.86. The van der Waals surface area contributed by atoms with Gasteiger partial charge in [0.05, 0.1) is 20.3 Å². The third kappa shape index (κ3) is 3.50. The van der Waals surface area contributed by atoms with Crippen LogP contribution in [0.4, 0.5) is 0 Å². The second kappa shape index (κ2) is 8.75. The van der Waals surface area contributed by atoms with E-state index in [9.17, 15) is 9.59 Å². The van der Waals surface area contributed by atoms with Gasteiger partial charge in [0.2, 0.25) is 11.8 Å². The van der Waals surface area contributed by atoms with E-state index >= 15 is 0 Å². The van der Waals surface area contributed by atoms with Crippen LogP contribution in [0.25, 0.3) is 10.9 Å². The number of carbonyl (C=O) groups is 2. The number of rotatable bonds is 5. The second-order valence-corrected chi connectivity index (χ2v) is 9.27. The van der Waals surface area contributed by atoms with Crippen LogP contribution >= 0.6 is 0 Å². The molecule has 182 valence electrons. The zero-order chi connectivity index (χ0) is 24.8. The van der Waals surface area contributed by atoms with Crippen molar-refractivity contribution in [3.05, 3.63) is 95.2 Å². The Balaban J connectivity index is 1.44. The first-order valence-corrected chi connectivity index (χ1v) is 12.0. The molecule has 1 fully saturated rings. The summed E-state index contributed by atoms with van der Waals surface area (Å²) >= 11 is 0. The number of aromatic nitrogens is 1. The van der Waals surface area contributed by atoms with Crippen molar-refractivity contribution in [1.29, 1.82) is 0 Å². The van der Waals surface area contributed by atoms with Gasteiger partial charge < -0.3 is 24.3 Å². The average molecular weight is 482 g/mol. The Morgan fingerprint density at radius 1 is 0.917 bits per heavy atom. The molecule has 7 heteroatoms. The summed E-state index contributed by atoms with van der Waals surface area (Å²) < 4.78 is 10.8. The summed E-state index contributed by atoms with van der Waals surface area (Å²) in [4.78, 5) is 34.6. The summed E-state index contributed by atoms with van der Waals surface area (Å²) in [5, 5.41) is 1.09. The second-order valence-electron chi connectivity index (χ2n) is 9.27. The number of nitrogens with zero attached hydrogens (tertiary/aromatic N) is 2. The van der Waals surface area contributed by atoms with Crippen LogP contribution in [-0.2, 0) is 22.6 Å². The molecule has 6 rings (SSSR count). The van der Waals surface area contributed by atoms with E-state index in [1.807, 2.05) is 66.7 Å². The quantitative estimate of drug-likeness (QED) is 0.466. The number of amides is 2. The number of methoxy groups -OCH3 is 2. The van der Waals surface area contributed by atoms with Crippen LogP contribution < -0.4 is 9.47 Å². The first kappa shape index (κ1) is 22.2. The fraction of sp³-hybridized carbons (Fsp3) is 0.241. The van der Waals surface area contributed by atoms with E-state index in [4.69, 9.17) is 9.47 Å². The van der Waals surface area contributed by atoms with Crippen LogP contribution in [-0.4, -0.2) is 53.4 Å². The lowest BCUT2D eigenvalue weighted by molar-refractivity contribution is -0.159. The Bertz CT molecular complexity index is 1460. The van der Waals surface area contributed by atoms with E-state index in [0.717, 1.165) is 39.0 Å². The number of piperazine rings is 1. The smallest absolute Gasteiger partial charge is 0.246 e. The summed E-state index contributed by atoms with van der Waals surface area (Å²) in [5.74, 6) is 1.33. The lowest BCUT2D eigenvalue weighted by Gasteiger charge is -2.47. The van der Waals surface area contributed by atoms with Crippen molar-refractivity contribution in [2.24, 2.45) is 0 Å². The van der Waals surface area contributed by atoms with Crippen molar-refractivity contribution in [3.8, 4) is 11.5 Å². The summed E-state index contributed by atoms with van der Waals surface area (Å²) in [7, 11) is 3.24. The Kier molecular flexibility index (Phi) is 5.40. The molecule has 3 aromatic carbocycles. The van der Waals surface area contributed by atoms with E-state index in [0.29, 0.717) is 18.7 Å². The van der Waals surface area contributed by atoms with Gasteiger partial charge >= 0.3 is 0 Å². The fourth-order valence-corrected chi connectivity index (χ4v) is 5.63. The highest BCUT2D eigenvalue weighted by molar-refractivity contribution is 5.97. The molecule has 0 radical (unpaired) electrons. The molecule has 3 heterocycles. The number of carbonyl (C=O) groups excluding carboxylic acids is 2. The van der Waals surface area contributed by atoms with E-state index in [1.54, 1.807) is 24.0 Å². The maximum atomic E-state index is 13.9. The summed E-state index contributed by atoms with van der Waals surface area (Å²) in [6.07, 6.45) is 0.471. The predicted molar refractivity (Wildman–Crippen MR) is 136 cm³/mol. The van der Waals surface area contributed by atoms with Crippen molar-refractivity contribution in [3.63, 3.8) is 0 Å². The standard InChI is InChI=1S/C29H27N3O4/c1-35-20-13-11-18(12-14-20)28-27-22(21-8-4-5-9-23(21)30-27)15-24-29(34)31(17-26(33)32(24)28)16-19-7-3-6-10-25(19)36-2/h3-14,24,28,30H,15-17H2,1-2H3/t24-,28-/m1/s1. The Morgan fingerprint density at radius 3 is 2.44 bits per heavy atom. The maximum absolute atomic E-state index is 13.9. The molecule has 1 saturated heterocycles. The molecular weight excluding hydrogens is 454 g/mol. The van der Waals surface area contributed by atoms with E-state index in [-0.39, 0.29) is 24.4 Å². The van der Waals surface area contributed by atoms with Crippen LogP contribution in [0.2, 0.25) is 0 Å². The van der Waals surface area contributed by atoms with Gasteiger partial charge in [-0.05, 0) is 35.4 Å². The molecule has 1 N–H and O–H groups in total. The monoisotopic (exact) mass is 481 g/mol. The van der Waals surface area contributed by atoms with E-state index < -0.39 is 6.04 Å². The highest BCUT2D eigenvalue weighted by atomic mass is 16.5. The molecule has 0 bridgehead atoms. The normalized spacial score (nSPS) is 19.3. The molecule has 0 spiro atoms. The summed E-state index contributed by atoms with van der Waals surface area (Å²) in [6.45, 7) is 0.350. The largest absolute Gasteiger partial charge is 0.497 e. The lowest BCUT2D eigenvalue weighted by Crippen LogP contribution is -2.62. The van der Waals surface area contributed by atoms with Gasteiger partial charge in [0.1, 0.15) is 24.1 Å². The molecule has 0 aliphatic carbocycles. The molecule has 0 unspecified atom stereocenters.